The number of carbonyl (C=O) groups excluding carboxylic acids is 2. The van der Waals surface area contributed by atoms with Crippen LogP contribution in [-0.2, 0) is 4.74 Å². The van der Waals surface area contributed by atoms with Crippen LogP contribution in [0.25, 0.3) is 21.6 Å². The van der Waals surface area contributed by atoms with Crippen molar-refractivity contribution >= 4 is 50.4 Å². The van der Waals surface area contributed by atoms with E-state index < -0.39 is 5.91 Å². The van der Waals surface area contributed by atoms with Gasteiger partial charge >= 0.3 is 0 Å². The number of hydrogen-bond donors (Lipinski definition) is 1. The maximum Gasteiger partial charge on any atom is 0.274 e. The predicted molar refractivity (Wildman–Crippen MR) is 134 cm³/mol. The van der Waals surface area contributed by atoms with Gasteiger partial charge in [0.1, 0.15) is 16.6 Å². The number of pyridine rings is 2. The molecule has 184 valence electrons. The van der Waals surface area contributed by atoms with Crippen LogP contribution in [0.1, 0.15) is 26.5 Å². The van der Waals surface area contributed by atoms with Crippen LogP contribution in [0.2, 0.25) is 5.15 Å². The second kappa shape index (κ2) is 10.1. The predicted octanol–water partition coefficient (Wildman–Crippen LogP) is 3.24. The van der Waals surface area contributed by atoms with Gasteiger partial charge in [-0.15, -0.1) is 0 Å². The fraction of sp³-hybridized carbons (Fsp3) is 0.261. The van der Waals surface area contributed by atoms with Crippen molar-refractivity contribution < 1.29 is 19.1 Å². The Balaban J connectivity index is 1.43. The molecule has 5 heterocycles. The number of rotatable bonds is 5. The van der Waals surface area contributed by atoms with Crippen molar-refractivity contribution in [2.75, 3.05) is 38.7 Å². The monoisotopic (exact) mass is 525 g/mol. The highest BCUT2D eigenvalue weighted by molar-refractivity contribution is 7.21. The third kappa shape index (κ3) is 4.83. The lowest BCUT2D eigenvalue weighted by Crippen LogP contribution is -2.41. The fourth-order valence-corrected chi connectivity index (χ4v) is 4.68. The number of amides is 2. The first-order valence-corrected chi connectivity index (χ1v) is 12.1. The molecule has 1 N–H and O–H groups in total. The van der Waals surface area contributed by atoms with Crippen LogP contribution >= 0.6 is 22.9 Å². The van der Waals surface area contributed by atoms with Gasteiger partial charge in [0.05, 0.1) is 38.3 Å². The van der Waals surface area contributed by atoms with E-state index in [1.54, 1.807) is 17.0 Å². The van der Waals surface area contributed by atoms with Crippen LogP contribution in [-0.4, -0.2) is 75.0 Å². The number of thiazole rings is 1. The summed E-state index contributed by atoms with van der Waals surface area (Å²) in [4.78, 5) is 49.5. The standard InChI is InChI=1S/C23H20ClN7O4S/c1-12-7-13(14-8-18(24)26-11-17(14)34-2)15(9-25-12)20(32)30-23-29-19-21(36-23)28-16(10-27-19)22(33)31-3-5-35-6-4-31/h7-11H,3-6H2,1-2H3,(H,27,29,30,32). The van der Waals surface area contributed by atoms with E-state index in [0.717, 1.165) is 11.3 Å². The Kier molecular flexibility index (Phi) is 6.72. The fourth-order valence-electron chi connectivity index (χ4n) is 3.72. The number of fused-ring (bicyclic) bond motifs is 1. The maximum atomic E-state index is 13.3. The smallest absolute Gasteiger partial charge is 0.274 e. The highest BCUT2D eigenvalue weighted by Crippen LogP contribution is 2.34. The maximum absolute atomic E-state index is 13.3. The van der Waals surface area contributed by atoms with E-state index >= 15 is 0 Å². The van der Waals surface area contributed by atoms with Gasteiger partial charge in [-0.3, -0.25) is 19.9 Å². The molecule has 0 unspecified atom stereocenters. The van der Waals surface area contributed by atoms with E-state index in [9.17, 15) is 9.59 Å². The zero-order valence-corrected chi connectivity index (χ0v) is 20.9. The molecule has 0 aliphatic carbocycles. The number of aromatic nitrogens is 5. The van der Waals surface area contributed by atoms with Crippen molar-refractivity contribution in [1.29, 1.82) is 0 Å². The molecule has 1 saturated heterocycles. The molecule has 0 bridgehead atoms. The quantitative estimate of drug-likeness (QED) is 0.390. The summed E-state index contributed by atoms with van der Waals surface area (Å²) in [6.07, 6.45) is 4.37. The minimum atomic E-state index is -0.434. The molecule has 0 radical (unpaired) electrons. The molecule has 36 heavy (non-hydrogen) atoms. The summed E-state index contributed by atoms with van der Waals surface area (Å²) in [5, 5.41) is 3.34. The van der Waals surface area contributed by atoms with Crippen LogP contribution < -0.4 is 10.1 Å². The molecule has 1 aliphatic heterocycles. The number of halogens is 1. The summed E-state index contributed by atoms with van der Waals surface area (Å²) in [7, 11) is 1.52. The topological polar surface area (TPSA) is 132 Å². The van der Waals surface area contributed by atoms with Gasteiger partial charge < -0.3 is 14.4 Å². The second-order valence-corrected chi connectivity index (χ2v) is 9.21. The lowest BCUT2D eigenvalue weighted by Gasteiger charge is -2.26. The Labute approximate surface area is 214 Å². The summed E-state index contributed by atoms with van der Waals surface area (Å²) >= 11 is 7.24. The van der Waals surface area contributed by atoms with E-state index in [4.69, 9.17) is 21.1 Å². The van der Waals surface area contributed by atoms with E-state index in [0.29, 0.717) is 64.9 Å². The highest BCUT2D eigenvalue weighted by Gasteiger charge is 2.22. The number of hydrogen-bond acceptors (Lipinski definition) is 10. The lowest BCUT2D eigenvalue weighted by atomic mass is 10.0. The molecule has 0 atom stereocenters. The number of morpholine rings is 1. The number of ether oxygens (including phenoxy) is 2. The third-order valence-electron chi connectivity index (χ3n) is 5.49. The Bertz CT molecular complexity index is 1470. The van der Waals surface area contributed by atoms with Crippen molar-refractivity contribution in [3.05, 3.63) is 52.8 Å². The Morgan fingerprint density at radius 1 is 1.08 bits per heavy atom. The van der Waals surface area contributed by atoms with E-state index in [1.165, 1.54) is 25.7 Å². The Morgan fingerprint density at radius 3 is 2.67 bits per heavy atom. The molecule has 0 spiro atoms. The molecule has 13 heteroatoms. The van der Waals surface area contributed by atoms with E-state index in [1.807, 2.05) is 6.92 Å². The molecular formula is C23H20ClN7O4S. The number of aryl methyl sites for hydroxylation is 1. The lowest BCUT2D eigenvalue weighted by molar-refractivity contribution is 0.0299. The van der Waals surface area contributed by atoms with Crippen molar-refractivity contribution in [3.8, 4) is 16.9 Å². The van der Waals surface area contributed by atoms with Gasteiger partial charge in [-0.1, -0.05) is 22.9 Å². The highest BCUT2D eigenvalue weighted by atomic mass is 35.5. The van der Waals surface area contributed by atoms with Crippen LogP contribution in [0.4, 0.5) is 5.13 Å². The van der Waals surface area contributed by atoms with E-state index in [2.05, 4.69) is 30.2 Å². The number of methoxy groups -OCH3 is 1. The first-order valence-electron chi connectivity index (χ1n) is 10.9. The average molecular weight is 526 g/mol. The zero-order chi connectivity index (χ0) is 25.2. The molecule has 11 nitrogen and oxygen atoms in total. The zero-order valence-electron chi connectivity index (χ0n) is 19.3. The summed E-state index contributed by atoms with van der Waals surface area (Å²) < 4.78 is 10.7. The molecule has 2 amide bonds. The molecule has 4 aromatic heterocycles. The number of nitrogens with one attached hydrogen (secondary N) is 1. The van der Waals surface area contributed by atoms with Gasteiger partial charge in [-0.2, -0.15) is 4.98 Å². The van der Waals surface area contributed by atoms with Gasteiger partial charge in [0, 0.05) is 36.1 Å². The largest absolute Gasteiger partial charge is 0.494 e. The second-order valence-electron chi connectivity index (χ2n) is 7.84. The summed E-state index contributed by atoms with van der Waals surface area (Å²) in [6, 6.07) is 3.40. The van der Waals surface area contributed by atoms with Crippen molar-refractivity contribution in [1.82, 2.24) is 29.8 Å². The first-order chi connectivity index (χ1) is 17.4. The van der Waals surface area contributed by atoms with Crippen LogP contribution in [0.5, 0.6) is 5.75 Å². The average Bonchev–Trinajstić information content (AvgIpc) is 3.30. The van der Waals surface area contributed by atoms with Crippen molar-refractivity contribution in [3.63, 3.8) is 0 Å². The van der Waals surface area contributed by atoms with E-state index in [-0.39, 0.29) is 21.9 Å². The molecule has 1 fully saturated rings. The van der Waals surface area contributed by atoms with Gasteiger partial charge in [0.15, 0.2) is 15.6 Å². The summed E-state index contributed by atoms with van der Waals surface area (Å²) in [5.74, 6) is -0.187. The molecule has 4 aromatic rings. The number of carbonyl (C=O) groups is 2. The SMILES string of the molecule is COc1cnc(Cl)cc1-c1cc(C)ncc1C(=O)Nc1nc2ncc(C(=O)N3CCOCC3)nc2s1. The summed E-state index contributed by atoms with van der Waals surface area (Å²) in [6.45, 7) is 3.81. The Hall–Kier alpha value is -3.74. The number of nitrogens with zero attached hydrogens (tertiary/aromatic N) is 6. The van der Waals surface area contributed by atoms with Crippen molar-refractivity contribution in [2.45, 2.75) is 6.92 Å². The molecule has 0 aromatic carbocycles. The van der Waals surface area contributed by atoms with Crippen LogP contribution in [0.15, 0.2) is 30.7 Å². The Morgan fingerprint density at radius 2 is 1.89 bits per heavy atom. The van der Waals surface area contributed by atoms with Gasteiger partial charge in [0.25, 0.3) is 11.8 Å². The number of anilines is 1. The minimum absolute atomic E-state index is 0.216. The molecular weight excluding hydrogens is 506 g/mol. The first kappa shape index (κ1) is 24.0. The third-order valence-corrected chi connectivity index (χ3v) is 6.55. The summed E-state index contributed by atoms with van der Waals surface area (Å²) in [5.41, 5.74) is 2.74. The van der Waals surface area contributed by atoms with Crippen LogP contribution in [0.3, 0.4) is 0 Å². The van der Waals surface area contributed by atoms with Crippen molar-refractivity contribution in [2.24, 2.45) is 0 Å². The minimum Gasteiger partial charge on any atom is -0.494 e. The van der Waals surface area contributed by atoms with Gasteiger partial charge in [-0.05, 0) is 19.1 Å². The normalized spacial score (nSPS) is 13.6. The molecule has 0 saturated carbocycles. The van der Waals surface area contributed by atoms with Gasteiger partial charge in [0.2, 0.25) is 0 Å². The molecule has 1 aliphatic rings. The van der Waals surface area contributed by atoms with Gasteiger partial charge in [-0.25, -0.2) is 15.0 Å². The molecule has 5 rings (SSSR count). The van der Waals surface area contributed by atoms with Crippen LogP contribution in [0, 0.1) is 6.92 Å².